The van der Waals surface area contributed by atoms with Crippen molar-refractivity contribution in [1.29, 1.82) is 0 Å². The second-order valence-electron chi connectivity index (χ2n) is 6.57. The van der Waals surface area contributed by atoms with Crippen LogP contribution < -0.4 is 4.74 Å². The van der Waals surface area contributed by atoms with E-state index in [1.165, 1.54) is 6.33 Å². The van der Waals surface area contributed by atoms with Gasteiger partial charge in [0.2, 0.25) is 0 Å². The summed E-state index contributed by atoms with van der Waals surface area (Å²) in [4.78, 5) is 4.05. The lowest BCUT2D eigenvalue weighted by atomic mass is 9.87. The van der Waals surface area contributed by atoms with E-state index in [0.717, 1.165) is 29.0 Å². The number of rotatable bonds is 9. The van der Waals surface area contributed by atoms with E-state index in [-0.39, 0.29) is 0 Å². The summed E-state index contributed by atoms with van der Waals surface area (Å²) < 4.78 is 14.0. The van der Waals surface area contributed by atoms with Crippen molar-refractivity contribution in [2.75, 3.05) is 6.61 Å². The van der Waals surface area contributed by atoms with Crippen LogP contribution in [0, 0.1) is 6.92 Å². The van der Waals surface area contributed by atoms with Gasteiger partial charge in [0.25, 0.3) is 0 Å². The topological polar surface area (TPSA) is 49.2 Å². The lowest BCUT2D eigenvalue weighted by molar-refractivity contribution is -0.0553. The Kier molecular flexibility index (Phi) is 6.49. The third-order valence-corrected chi connectivity index (χ3v) is 4.92. The highest BCUT2D eigenvalue weighted by atomic mass is 35.5. The zero-order chi connectivity index (χ0) is 20.0. The minimum atomic E-state index is -0.537. The molecule has 0 radical (unpaired) electrons. The van der Waals surface area contributed by atoms with Gasteiger partial charge in [0.1, 0.15) is 29.8 Å². The lowest BCUT2D eigenvalue weighted by Crippen LogP contribution is -2.35. The Morgan fingerprint density at radius 1 is 1.18 bits per heavy atom. The van der Waals surface area contributed by atoms with Crippen LogP contribution in [-0.4, -0.2) is 21.4 Å². The monoisotopic (exact) mass is 397 g/mol. The summed E-state index contributed by atoms with van der Waals surface area (Å²) in [5.41, 5.74) is 1.64. The minimum absolute atomic E-state index is 0.449. The molecule has 3 aromatic rings. The zero-order valence-corrected chi connectivity index (χ0v) is 16.9. The fourth-order valence-corrected chi connectivity index (χ4v) is 3.38. The second kappa shape index (κ2) is 9.04. The second-order valence-corrected chi connectivity index (χ2v) is 7.01. The van der Waals surface area contributed by atoms with E-state index in [2.05, 4.69) is 36.6 Å². The molecular weight excluding hydrogens is 374 g/mol. The molecule has 0 aliphatic rings. The Balaban J connectivity index is 1.90. The van der Waals surface area contributed by atoms with E-state index in [9.17, 15) is 0 Å². The standard InChI is InChI=1S/C22H24ClN3O2/c1-4-12-27-22(5-2,14-26-16-24-15-25-26)21-11-10-20(13-17(21)3)28-19-8-6-18(23)7-9-19/h4,6-11,13,15-16H,1,5,12,14H2,2-3H3. The highest BCUT2D eigenvalue weighted by molar-refractivity contribution is 6.30. The van der Waals surface area contributed by atoms with Gasteiger partial charge in [0.05, 0.1) is 13.2 Å². The van der Waals surface area contributed by atoms with Gasteiger partial charge in [-0.2, -0.15) is 5.10 Å². The first-order chi connectivity index (χ1) is 13.6. The number of aryl methyl sites for hydroxylation is 1. The fourth-order valence-electron chi connectivity index (χ4n) is 3.26. The van der Waals surface area contributed by atoms with Gasteiger partial charge in [-0.15, -0.1) is 6.58 Å². The first-order valence-corrected chi connectivity index (χ1v) is 9.56. The van der Waals surface area contributed by atoms with Crippen molar-refractivity contribution in [2.45, 2.75) is 32.4 Å². The molecule has 6 heteroatoms. The molecule has 0 aliphatic heterocycles. The highest BCUT2D eigenvalue weighted by Gasteiger charge is 2.33. The molecule has 1 heterocycles. The number of halogens is 1. The Hall–Kier alpha value is -2.63. The Bertz CT molecular complexity index is 910. The molecule has 0 N–H and O–H groups in total. The number of aromatic nitrogens is 3. The van der Waals surface area contributed by atoms with Gasteiger partial charge in [0.15, 0.2) is 0 Å². The van der Waals surface area contributed by atoms with Gasteiger partial charge in [-0.1, -0.05) is 30.7 Å². The van der Waals surface area contributed by atoms with Gasteiger partial charge in [-0.05, 0) is 60.9 Å². The van der Waals surface area contributed by atoms with E-state index < -0.39 is 5.60 Å². The highest BCUT2D eigenvalue weighted by Crippen LogP contribution is 2.36. The van der Waals surface area contributed by atoms with Crippen LogP contribution in [0.3, 0.4) is 0 Å². The first kappa shape index (κ1) is 20.1. The maximum Gasteiger partial charge on any atom is 0.137 e. The SMILES string of the molecule is C=CCOC(CC)(Cn1cncn1)c1ccc(Oc2ccc(Cl)cc2)cc1C. The average molecular weight is 398 g/mol. The number of ether oxygens (including phenoxy) is 2. The van der Waals surface area contributed by atoms with Gasteiger partial charge >= 0.3 is 0 Å². The van der Waals surface area contributed by atoms with Gasteiger partial charge in [-0.3, -0.25) is 0 Å². The van der Waals surface area contributed by atoms with Crippen LogP contribution in [0.2, 0.25) is 5.02 Å². The molecule has 146 valence electrons. The Morgan fingerprint density at radius 2 is 1.93 bits per heavy atom. The summed E-state index contributed by atoms with van der Waals surface area (Å²) in [6, 6.07) is 13.3. The smallest absolute Gasteiger partial charge is 0.137 e. The molecule has 0 aliphatic carbocycles. The predicted octanol–water partition coefficient (Wildman–Crippen LogP) is 5.54. The molecule has 0 spiro atoms. The van der Waals surface area contributed by atoms with E-state index in [0.29, 0.717) is 18.2 Å². The van der Waals surface area contributed by atoms with Crippen LogP contribution in [0.25, 0.3) is 0 Å². The molecule has 1 unspecified atom stereocenters. The van der Waals surface area contributed by atoms with E-state index in [4.69, 9.17) is 21.1 Å². The van der Waals surface area contributed by atoms with E-state index >= 15 is 0 Å². The normalized spacial score (nSPS) is 13.1. The average Bonchev–Trinajstić information content (AvgIpc) is 3.20. The molecule has 5 nitrogen and oxygen atoms in total. The minimum Gasteiger partial charge on any atom is -0.457 e. The van der Waals surface area contributed by atoms with Crippen molar-refractivity contribution in [3.8, 4) is 11.5 Å². The molecule has 2 aromatic carbocycles. The van der Waals surface area contributed by atoms with Crippen molar-refractivity contribution in [3.63, 3.8) is 0 Å². The molecule has 1 aromatic heterocycles. The van der Waals surface area contributed by atoms with Gasteiger partial charge in [-0.25, -0.2) is 9.67 Å². The van der Waals surface area contributed by atoms with Crippen molar-refractivity contribution >= 4 is 11.6 Å². The van der Waals surface area contributed by atoms with Crippen molar-refractivity contribution in [2.24, 2.45) is 0 Å². The summed E-state index contributed by atoms with van der Waals surface area (Å²) in [5.74, 6) is 1.50. The van der Waals surface area contributed by atoms with Crippen LogP contribution in [-0.2, 0) is 16.9 Å². The van der Waals surface area contributed by atoms with E-state index in [1.807, 2.05) is 36.4 Å². The number of hydrogen-bond acceptors (Lipinski definition) is 4. The summed E-state index contributed by atoms with van der Waals surface area (Å²) in [6.45, 7) is 8.97. The largest absolute Gasteiger partial charge is 0.457 e. The van der Waals surface area contributed by atoms with Crippen molar-refractivity contribution in [1.82, 2.24) is 14.8 Å². The number of nitrogens with zero attached hydrogens (tertiary/aromatic N) is 3. The molecule has 28 heavy (non-hydrogen) atoms. The number of hydrogen-bond donors (Lipinski definition) is 0. The Labute approximate surface area is 170 Å². The first-order valence-electron chi connectivity index (χ1n) is 9.18. The molecule has 0 saturated heterocycles. The molecule has 0 bridgehead atoms. The van der Waals surface area contributed by atoms with Crippen LogP contribution >= 0.6 is 11.6 Å². The maximum absolute atomic E-state index is 6.28. The summed E-state index contributed by atoms with van der Waals surface area (Å²) >= 11 is 5.94. The predicted molar refractivity (Wildman–Crippen MR) is 111 cm³/mol. The fraction of sp³-hybridized carbons (Fsp3) is 0.273. The molecule has 3 rings (SSSR count). The van der Waals surface area contributed by atoms with Crippen LogP contribution in [0.4, 0.5) is 0 Å². The summed E-state index contributed by atoms with van der Waals surface area (Å²) in [7, 11) is 0. The quantitative estimate of drug-likeness (QED) is 0.445. The van der Waals surface area contributed by atoms with Gasteiger partial charge in [0, 0.05) is 5.02 Å². The molecule has 0 amide bonds. The van der Waals surface area contributed by atoms with Crippen LogP contribution in [0.5, 0.6) is 11.5 Å². The van der Waals surface area contributed by atoms with Gasteiger partial charge < -0.3 is 9.47 Å². The van der Waals surface area contributed by atoms with Crippen LogP contribution in [0.15, 0.2) is 67.8 Å². The molecule has 0 fully saturated rings. The van der Waals surface area contributed by atoms with Crippen molar-refractivity contribution in [3.05, 3.63) is 83.9 Å². The Morgan fingerprint density at radius 3 is 2.54 bits per heavy atom. The third-order valence-electron chi connectivity index (χ3n) is 4.67. The third kappa shape index (κ3) is 4.61. The zero-order valence-electron chi connectivity index (χ0n) is 16.1. The molecule has 0 saturated carbocycles. The van der Waals surface area contributed by atoms with Crippen LogP contribution in [0.1, 0.15) is 24.5 Å². The molecular formula is C22H24ClN3O2. The summed E-state index contributed by atoms with van der Waals surface area (Å²) in [5, 5.41) is 4.94. The van der Waals surface area contributed by atoms with E-state index in [1.54, 1.807) is 17.1 Å². The lowest BCUT2D eigenvalue weighted by Gasteiger charge is -2.34. The number of benzene rings is 2. The maximum atomic E-state index is 6.28. The van der Waals surface area contributed by atoms with Crippen molar-refractivity contribution < 1.29 is 9.47 Å². The molecule has 1 atom stereocenters. The summed E-state index contributed by atoms with van der Waals surface area (Å²) in [6.07, 6.45) is 5.77.